The van der Waals surface area contributed by atoms with Crippen molar-refractivity contribution in [3.63, 3.8) is 0 Å². The molecule has 1 aromatic carbocycles. The van der Waals surface area contributed by atoms with E-state index in [-0.39, 0.29) is 0 Å². The van der Waals surface area contributed by atoms with Gasteiger partial charge in [0.1, 0.15) is 0 Å². The van der Waals surface area contributed by atoms with E-state index in [0.717, 1.165) is 9.50 Å². The normalized spacial score (nSPS) is 7.64. The average molecular weight is 286 g/mol. The highest BCUT2D eigenvalue weighted by molar-refractivity contribution is 9.10. The molecular formula is C6H3BrCl3Mg. The van der Waals surface area contributed by atoms with Crippen molar-refractivity contribution in [3.05, 3.63) is 33.8 Å². The molecule has 0 atom stereocenters. The zero-order valence-electron chi connectivity index (χ0n) is 5.45. The lowest BCUT2D eigenvalue weighted by Gasteiger charge is -1.88. The van der Waals surface area contributed by atoms with Crippen LogP contribution in [-0.2, 0) is 0 Å². The summed E-state index contributed by atoms with van der Waals surface area (Å²) in [6, 6.07) is 8.20. The summed E-state index contributed by atoms with van der Waals surface area (Å²) in [6.07, 6.45) is 0. The second-order valence-electron chi connectivity index (χ2n) is 1.44. The summed E-state index contributed by atoms with van der Waals surface area (Å²) in [4.78, 5) is 0. The highest BCUT2D eigenvalue weighted by Gasteiger charge is 1.89. The highest BCUT2D eigenvalue weighted by Crippen LogP contribution is 2.19. The highest BCUT2D eigenvalue weighted by atomic mass is 79.9. The van der Waals surface area contributed by atoms with Crippen LogP contribution in [0.5, 0.6) is 0 Å². The molecule has 0 saturated heterocycles. The molecule has 0 fully saturated rings. The minimum Gasteiger partial charge on any atom is -0.309 e. The number of hydrogen-bond acceptors (Lipinski definition) is 0. The monoisotopic (exact) mass is 283 g/mol. The van der Waals surface area contributed by atoms with Crippen molar-refractivity contribution in [1.29, 1.82) is 0 Å². The van der Waals surface area contributed by atoms with E-state index in [2.05, 4.69) is 22.0 Å². The molecule has 0 spiro atoms. The van der Waals surface area contributed by atoms with Crippen molar-refractivity contribution in [2.45, 2.75) is 0 Å². The van der Waals surface area contributed by atoms with E-state index >= 15 is 0 Å². The first kappa shape index (κ1) is 12.3. The lowest BCUT2D eigenvalue weighted by atomic mass is 10.4. The molecule has 0 unspecified atom stereocenters. The number of benzene rings is 1. The summed E-state index contributed by atoms with van der Waals surface area (Å²) in [5, 5.41) is 0.726. The minimum absolute atomic E-state index is 0.639. The van der Waals surface area contributed by atoms with Crippen LogP contribution in [-0.4, -0.2) is 18.2 Å². The third-order valence-corrected chi connectivity index (χ3v) is 1.98. The van der Waals surface area contributed by atoms with Crippen molar-refractivity contribution in [3.8, 4) is 0 Å². The van der Waals surface area contributed by atoms with Crippen molar-refractivity contribution >= 4 is 63.8 Å². The average Bonchev–Trinajstić information content (AvgIpc) is 1.97. The fourth-order valence-electron chi connectivity index (χ4n) is 0.391. The maximum atomic E-state index is 5.64. The Balaban J connectivity index is 0.000000292. The number of halogens is 4. The van der Waals surface area contributed by atoms with Crippen molar-refractivity contribution in [2.75, 3.05) is 0 Å². The van der Waals surface area contributed by atoms with Gasteiger partial charge in [-0.3, -0.25) is 0 Å². The van der Waals surface area contributed by atoms with Crippen LogP contribution in [0.3, 0.4) is 0 Å². The lowest BCUT2D eigenvalue weighted by molar-refractivity contribution is 1.64. The molecular weight excluding hydrogens is 283 g/mol. The van der Waals surface area contributed by atoms with Crippen molar-refractivity contribution < 1.29 is 0 Å². The van der Waals surface area contributed by atoms with Gasteiger partial charge >= 0.3 is 18.2 Å². The van der Waals surface area contributed by atoms with Gasteiger partial charge in [0.2, 0.25) is 0 Å². The molecule has 11 heavy (non-hydrogen) atoms. The standard InChI is InChI=1S/C6H3BrCl.2ClH.Mg/c7-5-3-1-2-4-6(5)8;;;/h2-4H;2*1H;/q;;;+2/p-2. The Kier molecular flexibility index (Phi) is 8.93. The Morgan fingerprint density at radius 1 is 1.45 bits per heavy atom. The maximum absolute atomic E-state index is 5.64. The molecule has 1 rings (SSSR count). The van der Waals surface area contributed by atoms with Gasteiger partial charge in [-0.2, -0.15) is 0 Å². The fourth-order valence-corrected chi connectivity index (χ4v) is 0.773. The van der Waals surface area contributed by atoms with E-state index in [9.17, 15) is 0 Å². The van der Waals surface area contributed by atoms with Crippen LogP contribution in [0.1, 0.15) is 0 Å². The Labute approximate surface area is 96.6 Å². The van der Waals surface area contributed by atoms with Gasteiger partial charge in [-0.25, -0.2) is 0 Å². The molecule has 1 aromatic rings. The Hall–Kier alpha value is 1.34. The van der Waals surface area contributed by atoms with E-state index in [1.807, 2.05) is 0 Å². The van der Waals surface area contributed by atoms with Crippen molar-refractivity contribution in [1.82, 2.24) is 0 Å². The molecule has 1 radical (unpaired) electrons. The molecule has 5 heteroatoms. The smallest absolute Gasteiger partial charge is 0.309 e. The summed E-state index contributed by atoms with van der Waals surface area (Å²) >= 11 is 8.23. The predicted molar refractivity (Wildman–Crippen MR) is 55.4 cm³/mol. The van der Waals surface area contributed by atoms with Gasteiger partial charge in [-0.05, 0) is 34.1 Å². The topological polar surface area (TPSA) is 0 Å². The molecule has 0 nitrogen and oxygen atoms in total. The predicted octanol–water partition coefficient (Wildman–Crippen LogP) is 3.90. The molecule has 0 saturated carbocycles. The molecule has 0 N–H and O–H groups in total. The lowest BCUT2D eigenvalue weighted by Crippen LogP contribution is -1.63. The number of hydrogen-bond donors (Lipinski definition) is 0. The van der Waals surface area contributed by atoms with E-state index < -0.39 is 18.2 Å². The van der Waals surface area contributed by atoms with Gasteiger partial charge < -0.3 is 18.1 Å². The van der Waals surface area contributed by atoms with Gasteiger partial charge in [0.15, 0.2) is 0 Å². The quantitative estimate of drug-likeness (QED) is 0.634. The van der Waals surface area contributed by atoms with Crippen LogP contribution in [0.25, 0.3) is 0 Å². The van der Waals surface area contributed by atoms with E-state index in [0.29, 0.717) is 0 Å². The Morgan fingerprint density at radius 2 is 2.00 bits per heavy atom. The molecule has 0 amide bonds. The third kappa shape index (κ3) is 6.49. The van der Waals surface area contributed by atoms with Crippen LogP contribution < -0.4 is 0 Å². The second-order valence-corrected chi connectivity index (χ2v) is 5.33. The van der Waals surface area contributed by atoms with Gasteiger partial charge in [-0.1, -0.05) is 17.7 Å². The summed E-state index contributed by atoms with van der Waals surface area (Å²) in [5.74, 6) is 0. The van der Waals surface area contributed by atoms with Crippen LogP contribution in [0, 0.1) is 6.07 Å². The van der Waals surface area contributed by atoms with Gasteiger partial charge in [0, 0.05) is 4.47 Å². The van der Waals surface area contributed by atoms with Crippen LogP contribution in [0.2, 0.25) is 5.02 Å². The minimum atomic E-state index is -0.639. The SMILES string of the molecule is Clc1cc[c]cc1Br.[Cl][Mg][Cl]. The molecule has 0 aliphatic rings. The zero-order valence-corrected chi connectivity index (χ0v) is 10.7. The second kappa shape index (κ2) is 7.96. The third-order valence-electron chi connectivity index (χ3n) is 0.764. The molecule has 0 aliphatic heterocycles. The zero-order chi connectivity index (χ0) is 8.69. The Bertz CT molecular complexity index is 186. The summed E-state index contributed by atoms with van der Waals surface area (Å²) in [7, 11) is 9.81. The maximum Gasteiger partial charge on any atom is 0.618 e. The largest absolute Gasteiger partial charge is 0.618 e. The van der Waals surface area contributed by atoms with Crippen LogP contribution >= 0.6 is 45.7 Å². The summed E-state index contributed by atoms with van der Waals surface area (Å²) in [6.45, 7) is 0. The van der Waals surface area contributed by atoms with E-state index in [1.165, 1.54) is 0 Å². The fraction of sp³-hybridized carbons (Fsp3) is 0. The van der Waals surface area contributed by atoms with Crippen LogP contribution in [0.4, 0.5) is 0 Å². The first-order valence-corrected chi connectivity index (χ1v) is 8.10. The van der Waals surface area contributed by atoms with Gasteiger partial charge in [-0.15, -0.1) is 0 Å². The van der Waals surface area contributed by atoms with Gasteiger partial charge in [0.25, 0.3) is 0 Å². The molecule has 0 bridgehead atoms. The molecule has 0 aromatic heterocycles. The molecule has 0 heterocycles. The Morgan fingerprint density at radius 3 is 2.27 bits per heavy atom. The first-order chi connectivity index (χ1) is 5.22. The summed E-state index contributed by atoms with van der Waals surface area (Å²) < 4.78 is 0.890. The molecule has 57 valence electrons. The van der Waals surface area contributed by atoms with Gasteiger partial charge in [0.05, 0.1) is 5.02 Å². The van der Waals surface area contributed by atoms with E-state index in [1.54, 1.807) is 18.2 Å². The van der Waals surface area contributed by atoms with Crippen molar-refractivity contribution in [2.24, 2.45) is 0 Å². The summed E-state index contributed by atoms with van der Waals surface area (Å²) in [5.41, 5.74) is 0. The number of rotatable bonds is 0. The first-order valence-electron chi connectivity index (χ1n) is 2.65. The molecule has 0 aliphatic carbocycles. The van der Waals surface area contributed by atoms with Crippen LogP contribution in [0.15, 0.2) is 22.7 Å². The van der Waals surface area contributed by atoms with E-state index in [4.69, 9.17) is 29.7 Å².